The number of ether oxygens (including phenoxy) is 3. The van der Waals surface area contributed by atoms with E-state index in [1.54, 1.807) is 19.1 Å². The first-order chi connectivity index (χ1) is 10.4. The van der Waals surface area contributed by atoms with Crippen molar-refractivity contribution in [1.29, 1.82) is 0 Å². The Bertz CT molecular complexity index is 490. The molecular weight excluding hydrogens is 362 g/mol. The summed E-state index contributed by atoms with van der Waals surface area (Å²) >= 11 is 3.14. The third kappa shape index (κ3) is 7.34. The number of aromatic nitrogens is 1. The summed E-state index contributed by atoms with van der Waals surface area (Å²) in [5, 5.41) is 17.2. The molecule has 1 aromatic rings. The fourth-order valence-corrected chi connectivity index (χ4v) is 1.35. The van der Waals surface area contributed by atoms with Gasteiger partial charge in [-0.05, 0) is 35.0 Å². The number of hydrogen-bond acceptors (Lipinski definition) is 7. The average Bonchev–Trinajstić information content (AvgIpc) is 3.32. The molecule has 22 heavy (non-hydrogen) atoms. The molecule has 2 atom stereocenters. The summed E-state index contributed by atoms with van der Waals surface area (Å²) in [7, 11) is 0. The van der Waals surface area contributed by atoms with Gasteiger partial charge in [-0.1, -0.05) is 0 Å². The second-order valence-corrected chi connectivity index (χ2v) is 4.87. The van der Waals surface area contributed by atoms with Crippen molar-refractivity contribution in [3.63, 3.8) is 0 Å². The first-order valence-electron chi connectivity index (χ1n) is 6.37. The van der Waals surface area contributed by atoms with Gasteiger partial charge >= 0.3 is 11.9 Å². The molecule has 9 heteroatoms. The molecule has 0 spiro atoms. The molecule has 1 fully saturated rings. The number of carboxylic acids is 1. The molecule has 0 bridgehead atoms. The van der Waals surface area contributed by atoms with E-state index in [0.717, 1.165) is 0 Å². The first-order valence-corrected chi connectivity index (χ1v) is 7.16. The van der Waals surface area contributed by atoms with Gasteiger partial charge in [-0.15, -0.1) is 0 Å². The lowest BCUT2D eigenvalue weighted by Gasteiger charge is -2.07. The standard InChI is InChI=1S/C8H8BrNO4.C5H8O3/c9-7-2-1-5(3-10-7)14-4-6(11)8(12)13;1-2-7-5(6)4-3-8-4/h1-3,6,11H,4H2,(H,12,13);4H,2-3H2,1H3/t6-;/m1./s1. The molecule has 1 aromatic heterocycles. The average molecular weight is 378 g/mol. The van der Waals surface area contributed by atoms with Gasteiger partial charge in [-0.3, -0.25) is 0 Å². The van der Waals surface area contributed by atoms with E-state index < -0.39 is 12.1 Å². The van der Waals surface area contributed by atoms with Gasteiger partial charge < -0.3 is 24.4 Å². The summed E-state index contributed by atoms with van der Waals surface area (Å²) in [5.41, 5.74) is 0. The highest BCUT2D eigenvalue weighted by Crippen LogP contribution is 2.12. The van der Waals surface area contributed by atoms with E-state index >= 15 is 0 Å². The maximum atomic E-state index is 10.5. The highest BCUT2D eigenvalue weighted by atomic mass is 79.9. The van der Waals surface area contributed by atoms with E-state index in [-0.39, 0.29) is 18.7 Å². The third-order valence-corrected chi connectivity index (χ3v) is 2.75. The van der Waals surface area contributed by atoms with Crippen LogP contribution in [0.3, 0.4) is 0 Å². The Morgan fingerprint density at radius 3 is 2.68 bits per heavy atom. The van der Waals surface area contributed by atoms with E-state index in [9.17, 15) is 9.59 Å². The molecule has 2 rings (SSSR count). The normalized spacial score (nSPS) is 16.8. The predicted octanol–water partition coefficient (Wildman–Crippen LogP) is 0.617. The van der Waals surface area contributed by atoms with Crippen LogP contribution in [-0.2, 0) is 19.1 Å². The monoisotopic (exact) mass is 377 g/mol. The molecular formula is C13H16BrNO7. The van der Waals surface area contributed by atoms with Crippen molar-refractivity contribution in [3.8, 4) is 5.75 Å². The Kier molecular flexibility index (Phi) is 7.78. The Hall–Kier alpha value is -1.71. The number of pyridine rings is 1. The Morgan fingerprint density at radius 2 is 2.23 bits per heavy atom. The van der Waals surface area contributed by atoms with Crippen LogP contribution < -0.4 is 4.74 Å². The van der Waals surface area contributed by atoms with E-state index in [1.807, 2.05) is 0 Å². The van der Waals surface area contributed by atoms with Crippen LogP contribution in [0, 0.1) is 0 Å². The van der Waals surface area contributed by atoms with Gasteiger partial charge in [0.25, 0.3) is 0 Å². The minimum absolute atomic E-state index is 0.229. The molecule has 0 aromatic carbocycles. The number of carbonyl (C=O) groups is 2. The summed E-state index contributed by atoms with van der Waals surface area (Å²) in [4.78, 5) is 24.5. The highest BCUT2D eigenvalue weighted by Gasteiger charge is 2.32. The molecule has 122 valence electrons. The van der Waals surface area contributed by atoms with Crippen LogP contribution >= 0.6 is 15.9 Å². The molecule has 1 unspecified atom stereocenters. The number of rotatable bonds is 6. The molecule has 0 saturated carbocycles. The minimum Gasteiger partial charge on any atom is -0.489 e. The lowest BCUT2D eigenvalue weighted by Crippen LogP contribution is -2.26. The van der Waals surface area contributed by atoms with E-state index in [0.29, 0.717) is 23.6 Å². The molecule has 2 heterocycles. The Balaban J connectivity index is 0.000000255. The number of nitrogens with zero attached hydrogens (tertiary/aromatic N) is 1. The second-order valence-electron chi connectivity index (χ2n) is 4.06. The van der Waals surface area contributed by atoms with Gasteiger partial charge in [0.05, 0.1) is 19.4 Å². The van der Waals surface area contributed by atoms with E-state index in [1.165, 1.54) is 6.20 Å². The van der Waals surface area contributed by atoms with Crippen LogP contribution in [0.5, 0.6) is 5.75 Å². The molecule has 2 N–H and O–H groups in total. The van der Waals surface area contributed by atoms with Gasteiger partial charge in [0, 0.05) is 0 Å². The number of hydrogen-bond donors (Lipinski definition) is 2. The van der Waals surface area contributed by atoms with Crippen LogP contribution in [-0.4, -0.2) is 59.2 Å². The van der Waals surface area contributed by atoms with Crippen molar-refractivity contribution in [1.82, 2.24) is 4.98 Å². The molecule has 1 aliphatic rings. The highest BCUT2D eigenvalue weighted by molar-refractivity contribution is 9.10. The fraction of sp³-hybridized carbons (Fsp3) is 0.462. The van der Waals surface area contributed by atoms with Crippen molar-refractivity contribution >= 4 is 27.9 Å². The van der Waals surface area contributed by atoms with Crippen LogP contribution in [0.15, 0.2) is 22.9 Å². The topological polar surface area (TPSA) is 118 Å². The fourth-order valence-electron chi connectivity index (χ4n) is 1.11. The van der Waals surface area contributed by atoms with Gasteiger partial charge in [0.2, 0.25) is 0 Å². The van der Waals surface area contributed by atoms with E-state index in [2.05, 4.69) is 30.4 Å². The summed E-state index contributed by atoms with van der Waals surface area (Å²) in [6.45, 7) is 2.47. The largest absolute Gasteiger partial charge is 0.489 e. The number of carboxylic acid groups (broad SMARTS) is 1. The molecule has 0 amide bonds. The van der Waals surface area contributed by atoms with Crippen LogP contribution in [0.25, 0.3) is 0 Å². The van der Waals surface area contributed by atoms with Gasteiger partial charge in [-0.2, -0.15) is 0 Å². The number of esters is 1. The maximum absolute atomic E-state index is 10.5. The van der Waals surface area contributed by atoms with Crippen molar-refractivity contribution < 1.29 is 34.0 Å². The molecule has 0 aliphatic carbocycles. The summed E-state index contributed by atoms with van der Waals surface area (Å²) in [6.07, 6.45) is -0.327. The predicted molar refractivity (Wildman–Crippen MR) is 77.4 cm³/mol. The molecule has 1 saturated heterocycles. The number of aliphatic hydroxyl groups is 1. The first kappa shape index (κ1) is 18.3. The summed E-state index contributed by atoms with van der Waals surface area (Å²) < 4.78 is 14.9. The SMILES string of the molecule is CCOC(=O)C1CO1.O=C(O)[C@H](O)COc1ccc(Br)nc1. The number of carbonyl (C=O) groups excluding carboxylic acids is 1. The number of aliphatic hydroxyl groups excluding tert-OH is 1. The van der Waals surface area contributed by atoms with Crippen molar-refractivity contribution in [2.24, 2.45) is 0 Å². The molecule has 0 radical (unpaired) electrons. The summed E-state index contributed by atoms with van der Waals surface area (Å²) in [6, 6.07) is 3.27. The zero-order chi connectivity index (χ0) is 16.5. The maximum Gasteiger partial charge on any atom is 0.337 e. The van der Waals surface area contributed by atoms with Crippen molar-refractivity contribution in [2.75, 3.05) is 19.8 Å². The zero-order valence-electron chi connectivity index (χ0n) is 11.8. The zero-order valence-corrected chi connectivity index (χ0v) is 13.4. The van der Waals surface area contributed by atoms with Gasteiger partial charge in [-0.25, -0.2) is 14.6 Å². The van der Waals surface area contributed by atoms with Gasteiger partial charge in [0.1, 0.15) is 17.0 Å². The molecule has 1 aliphatic heterocycles. The summed E-state index contributed by atoms with van der Waals surface area (Å²) in [5.74, 6) is -1.13. The lowest BCUT2D eigenvalue weighted by atomic mass is 10.4. The Labute approximate surface area is 135 Å². The van der Waals surface area contributed by atoms with Gasteiger partial charge in [0.15, 0.2) is 12.2 Å². The number of halogens is 1. The second kappa shape index (κ2) is 9.34. The van der Waals surface area contributed by atoms with Crippen molar-refractivity contribution in [3.05, 3.63) is 22.9 Å². The van der Waals surface area contributed by atoms with Crippen LogP contribution in [0.4, 0.5) is 0 Å². The van der Waals surface area contributed by atoms with Crippen LogP contribution in [0.1, 0.15) is 6.92 Å². The smallest absolute Gasteiger partial charge is 0.337 e. The molecule has 8 nitrogen and oxygen atoms in total. The van der Waals surface area contributed by atoms with Crippen LogP contribution in [0.2, 0.25) is 0 Å². The number of epoxide rings is 1. The van der Waals surface area contributed by atoms with E-state index in [4.69, 9.17) is 14.9 Å². The number of aliphatic carboxylic acids is 1. The lowest BCUT2D eigenvalue weighted by molar-refractivity contribution is -0.148. The van der Waals surface area contributed by atoms with Crippen molar-refractivity contribution in [2.45, 2.75) is 19.1 Å². The Morgan fingerprint density at radius 1 is 1.55 bits per heavy atom. The quantitative estimate of drug-likeness (QED) is 0.420. The minimum atomic E-state index is -1.52. The third-order valence-electron chi connectivity index (χ3n) is 2.28.